The van der Waals surface area contributed by atoms with E-state index in [0.717, 1.165) is 21.7 Å². The van der Waals surface area contributed by atoms with E-state index in [1.165, 1.54) is 30.5 Å². The van der Waals surface area contributed by atoms with Crippen molar-refractivity contribution in [3.8, 4) is 16.9 Å². The second kappa shape index (κ2) is 6.00. The quantitative estimate of drug-likeness (QED) is 0.584. The van der Waals surface area contributed by atoms with Crippen molar-refractivity contribution >= 4 is 20.9 Å². The van der Waals surface area contributed by atoms with E-state index in [4.69, 9.17) is 0 Å². The number of aromatic nitrogens is 1. The SMILES string of the molecule is O=S(=O)(c1ccc(F)cc1)n1cc(-c2ccccc2)c2cc(O)ccc21. The summed E-state index contributed by atoms with van der Waals surface area (Å²) in [5, 5.41) is 10.5. The molecule has 0 amide bonds. The van der Waals surface area contributed by atoms with Crippen LogP contribution in [0, 0.1) is 5.82 Å². The summed E-state index contributed by atoms with van der Waals surface area (Å²) >= 11 is 0. The molecule has 130 valence electrons. The van der Waals surface area contributed by atoms with Gasteiger partial charge in [0.05, 0.1) is 10.4 Å². The van der Waals surface area contributed by atoms with Crippen LogP contribution in [0.5, 0.6) is 5.75 Å². The highest BCUT2D eigenvalue weighted by Gasteiger charge is 2.22. The largest absolute Gasteiger partial charge is 0.508 e. The van der Waals surface area contributed by atoms with E-state index in [1.807, 2.05) is 30.3 Å². The smallest absolute Gasteiger partial charge is 0.268 e. The van der Waals surface area contributed by atoms with Crippen molar-refractivity contribution in [2.45, 2.75) is 4.90 Å². The van der Waals surface area contributed by atoms with Gasteiger partial charge in [0.25, 0.3) is 10.0 Å². The number of nitrogens with zero attached hydrogens (tertiary/aromatic N) is 1. The molecule has 3 aromatic carbocycles. The first-order valence-corrected chi connectivity index (χ1v) is 9.31. The van der Waals surface area contributed by atoms with Crippen molar-refractivity contribution in [2.24, 2.45) is 0 Å². The summed E-state index contributed by atoms with van der Waals surface area (Å²) in [7, 11) is -3.91. The summed E-state index contributed by atoms with van der Waals surface area (Å²) in [4.78, 5) is -0.0107. The van der Waals surface area contributed by atoms with Crippen LogP contribution in [0.25, 0.3) is 22.0 Å². The van der Waals surface area contributed by atoms with E-state index in [-0.39, 0.29) is 10.6 Å². The average molecular weight is 367 g/mol. The maximum absolute atomic E-state index is 13.2. The van der Waals surface area contributed by atoms with Crippen LogP contribution in [0.1, 0.15) is 0 Å². The van der Waals surface area contributed by atoms with Crippen LogP contribution in [0.15, 0.2) is 83.9 Å². The van der Waals surface area contributed by atoms with Crippen molar-refractivity contribution in [3.05, 3.63) is 84.8 Å². The zero-order chi connectivity index (χ0) is 18.3. The van der Waals surface area contributed by atoms with Gasteiger partial charge in [-0.3, -0.25) is 0 Å². The fourth-order valence-corrected chi connectivity index (χ4v) is 4.32. The Hall–Kier alpha value is -3.12. The maximum atomic E-state index is 13.2. The number of hydrogen-bond donors (Lipinski definition) is 1. The Bertz CT molecular complexity index is 1200. The number of aromatic hydroxyl groups is 1. The van der Waals surface area contributed by atoms with Crippen LogP contribution >= 0.6 is 0 Å². The Balaban J connectivity index is 2.01. The van der Waals surface area contributed by atoms with Gasteiger partial charge in [-0.25, -0.2) is 16.8 Å². The first kappa shape index (κ1) is 16.4. The van der Waals surface area contributed by atoms with Crippen LogP contribution in [0.2, 0.25) is 0 Å². The van der Waals surface area contributed by atoms with Gasteiger partial charge in [0, 0.05) is 17.1 Å². The molecule has 1 aromatic heterocycles. The van der Waals surface area contributed by atoms with Gasteiger partial charge in [-0.2, -0.15) is 0 Å². The third-order valence-corrected chi connectivity index (χ3v) is 5.90. The lowest BCUT2D eigenvalue weighted by Gasteiger charge is -2.07. The van der Waals surface area contributed by atoms with E-state index >= 15 is 0 Å². The zero-order valence-corrected chi connectivity index (χ0v) is 14.3. The fourth-order valence-electron chi connectivity index (χ4n) is 2.96. The van der Waals surface area contributed by atoms with Crippen LogP contribution in [0.3, 0.4) is 0 Å². The molecule has 1 N–H and O–H groups in total. The Kier molecular flexibility index (Phi) is 3.77. The molecule has 0 atom stereocenters. The first-order valence-electron chi connectivity index (χ1n) is 7.87. The molecule has 6 heteroatoms. The third-order valence-electron chi connectivity index (χ3n) is 4.21. The topological polar surface area (TPSA) is 59.3 Å². The van der Waals surface area contributed by atoms with Crippen molar-refractivity contribution in [2.75, 3.05) is 0 Å². The minimum Gasteiger partial charge on any atom is -0.508 e. The summed E-state index contributed by atoms with van der Waals surface area (Å²) < 4.78 is 40.5. The lowest BCUT2D eigenvalue weighted by molar-refractivity contribution is 0.476. The molecule has 0 aliphatic rings. The monoisotopic (exact) mass is 367 g/mol. The maximum Gasteiger partial charge on any atom is 0.268 e. The van der Waals surface area contributed by atoms with Crippen molar-refractivity contribution in [3.63, 3.8) is 0 Å². The predicted octanol–water partition coefficient (Wildman–Crippen LogP) is 4.39. The molecule has 0 saturated heterocycles. The normalized spacial score (nSPS) is 11.7. The highest BCUT2D eigenvalue weighted by molar-refractivity contribution is 7.90. The number of hydrogen-bond acceptors (Lipinski definition) is 3. The van der Waals surface area contributed by atoms with Crippen LogP contribution < -0.4 is 0 Å². The molecule has 0 saturated carbocycles. The second-order valence-corrected chi connectivity index (χ2v) is 7.68. The molecular weight excluding hydrogens is 353 g/mol. The van der Waals surface area contributed by atoms with E-state index in [0.29, 0.717) is 16.5 Å². The molecule has 0 radical (unpaired) electrons. The van der Waals surface area contributed by atoms with E-state index in [2.05, 4.69) is 0 Å². The van der Waals surface area contributed by atoms with Crippen molar-refractivity contribution < 1.29 is 17.9 Å². The van der Waals surface area contributed by atoms with Gasteiger partial charge in [0.15, 0.2) is 0 Å². The highest BCUT2D eigenvalue weighted by atomic mass is 32.2. The summed E-state index contributed by atoms with van der Waals surface area (Å²) in [5.74, 6) is -0.456. The lowest BCUT2D eigenvalue weighted by Crippen LogP contribution is -2.11. The molecule has 4 aromatic rings. The molecule has 0 spiro atoms. The number of fused-ring (bicyclic) bond motifs is 1. The van der Waals surface area contributed by atoms with Crippen LogP contribution in [-0.2, 0) is 10.0 Å². The van der Waals surface area contributed by atoms with Gasteiger partial charge in [0.1, 0.15) is 11.6 Å². The predicted molar refractivity (Wildman–Crippen MR) is 98.0 cm³/mol. The molecule has 0 fully saturated rings. The summed E-state index contributed by atoms with van der Waals surface area (Å²) in [5.41, 5.74) is 1.95. The number of phenolic OH excluding ortho intramolecular Hbond substituents is 1. The molecule has 26 heavy (non-hydrogen) atoms. The van der Waals surface area contributed by atoms with Crippen LogP contribution in [0.4, 0.5) is 4.39 Å². The first-order chi connectivity index (χ1) is 12.5. The Morgan fingerprint density at radius 3 is 2.27 bits per heavy atom. The molecule has 0 unspecified atom stereocenters. The standard InChI is InChI=1S/C20H14FNO3S/c21-15-6-9-17(10-7-15)26(24,25)22-13-19(14-4-2-1-3-5-14)18-12-16(23)8-11-20(18)22/h1-13,23H. The van der Waals surface area contributed by atoms with Gasteiger partial charge < -0.3 is 5.11 Å². The Morgan fingerprint density at radius 1 is 0.885 bits per heavy atom. The molecular formula is C20H14FNO3S. The second-order valence-electron chi connectivity index (χ2n) is 5.87. The third kappa shape index (κ3) is 2.64. The summed E-state index contributed by atoms with van der Waals surface area (Å²) in [6, 6.07) is 18.5. The molecule has 4 nitrogen and oxygen atoms in total. The minimum atomic E-state index is -3.91. The van der Waals surface area contributed by atoms with E-state index in [9.17, 15) is 17.9 Å². The fraction of sp³-hybridized carbons (Fsp3) is 0. The summed E-state index contributed by atoms with van der Waals surface area (Å²) in [6.45, 7) is 0. The zero-order valence-electron chi connectivity index (χ0n) is 13.5. The molecule has 0 bridgehead atoms. The highest BCUT2D eigenvalue weighted by Crippen LogP contribution is 2.34. The number of rotatable bonds is 3. The van der Waals surface area contributed by atoms with Gasteiger partial charge in [-0.15, -0.1) is 0 Å². The molecule has 0 aliphatic heterocycles. The summed E-state index contributed by atoms with van der Waals surface area (Å²) in [6.07, 6.45) is 1.53. The van der Waals surface area contributed by atoms with Gasteiger partial charge in [0.2, 0.25) is 0 Å². The van der Waals surface area contributed by atoms with Gasteiger partial charge in [-0.1, -0.05) is 30.3 Å². The van der Waals surface area contributed by atoms with Crippen molar-refractivity contribution in [1.29, 1.82) is 0 Å². The van der Waals surface area contributed by atoms with E-state index in [1.54, 1.807) is 6.07 Å². The molecule has 4 rings (SSSR count). The minimum absolute atomic E-state index is 0.0107. The van der Waals surface area contributed by atoms with E-state index < -0.39 is 15.8 Å². The average Bonchev–Trinajstić information content (AvgIpc) is 3.02. The van der Waals surface area contributed by atoms with Gasteiger partial charge in [-0.05, 0) is 48.0 Å². The van der Waals surface area contributed by atoms with Gasteiger partial charge >= 0.3 is 0 Å². The molecule has 1 heterocycles. The Labute approximate surface area is 149 Å². The molecule has 0 aliphatic carbocycles. The Morgan fingerprint density at radius 2 is 1.58 bits per heavy atom. The van der Waals surface area contributed by atoms with Crippen LogP contribution in [-0.4, -0.2) is 17.5 Å². The number of halogens is 1. The lowest BCUT2D eigenvalue weighted by atomic mass is 10.1. The number of benzene rings is 3. The number of phenols is 1. The van der Waals surface area contributed by atoms with Crippen molar-refractivity contribution in [1.82, 2.24) is 3.97 Å².